The van der Waals surface area contributed by atoms with Crippen molar-refractivity contribution in [3.8, 4) is 11.8 Å². The van der Waals surface area contributed by atoms with Crippen LogP contribution in [0.3, 0.4) is 0 Å². The molecule has 1 spiro atoms. The van der Waals surface area contributed by atoms with Gasteiger partial charge in [-0.15, -0.1) is 0 Å². The maximum absolute atomic E-state index is 15.2. The number of aliphatic imine (C=N–C) groups is 1. The molecule has 2 aliphatic heterocycles. The predicted octanol–water partition coefficient (Wildman–Crippen LogP) is 2.42. The summed E-state index contributed by atoms with van der Waals surface area (Å²) < 4.78 is 41.4. The van der Waals surface area contributed by atoms with Gasteiger partial charge in [0.25, 0.3) is 0 Å². The zero-order valence-corrected chi connectivity index (χ0v) is 17.4. The van der Waals surface area contributed by atoms with Crippen molar-refractivity contribution < 1.29 is 23.0 Å². The third kappa shape index (κ3) is 3.57. The molecule has 0 saturated carbocycles. The summed E-state index contributed by atoms with van der Waals surface area (Å²) in [4.78, 5) is 20.8. The topological polar surface area (TPSA) is 96.6 Å². The molecule has 1 aromatic carbocycles. The molecule has 0 aliphatic carbocycles. The molecule has 10 heteroatoms. The molecule has 3 heterocycles. The van der Waals surface area contributed by atoms with Gasteiger partial charge >= 0.3 is 168 Å². The van der Waals surface area contributed by atoms with Crippen molar-refractivity contribution >= 4 is 32.9 Å². The van der Waals surface area contributed by atoms with Crippen LogP contribution in [-0.2, 0) is 10.3 Å². The summed E-state index contributed by atoms with van der Waals surface area (Å²) >= 11 is 2.17. The Hall–Kier alpha value is -2.82. The Balaban J connectivity index is 1.71. The molecule has 0 fully saturated rings. The van der Waals surface area contributed by atoms with E-state index in [1.165, 1.54) is 24.4 Å². The summed E-state index contributed by atoms with van der Waals surface area (Å²) in [6, 6.07) is 9.38. The van der Waals surface area contributed by atoms with E-state index in [4.69, 9.17) is 14.7 Å². The minimum atomic E-state index is -3.26. The van der Waals surface area contributed by atoms with Gasteiger partial charge in [-0.1, -0.05) is 0 Å². The SMILES string of the molecule is N#Cc1ccc(C(=O)Nc2ccc3c(c2)C2(CCO3)N=C([As])COCC2(F)F)nc1. The summed E-state index contributed by atoms with van der Waals surface area (Å²) in [6.45, 7) is -0.662. The van der Waals surface area contributed by atoms with E-state index in [2.05, 4.69) is 32.1 Å². The van der Waals surface area contributed by atoms with E-state index in [-0.39, 0.29) is 30.9 Å². The number of nitriles is 1. The van der Waals surface area contributed by atoms with E-state index in [9.17, 15) is 4.79 Å². The van der Waals surface area contributed by atoms with Crippen LogP contribution in [0.1, 0.15) is 28.0 Å². The number of nitrogens with one attached hydrogen (secondary N) is 1. The number of hydrogen-bond donors (Lipinski definition) is 1. The Morgan fingerprint density at radius 3 is 2.87 bits per heavy atom. The zero-order valence-electron chi connectivity index (χ0n) is 15.6. The van der Waals surface area contributed by atoms with E-state index < -0.39 is 24.0 Å². The van der Waals surface area contributed by atoms with Crippen LogP contribution in [0.25, 0.3) is 0 Å². The van der Waals surface area contributed by atoms with E-state index in [1.807, 2.05) is 6.07 Å². The molecule has 1 atom stereocenters. The standard InChI is InChI=1S/C20H15AsF2N4O3/c21-17-10-29-11-20(22,23)19(27-17)5-6-30-16-4-2-13(7-14(16)19)26-18(28)15-3-1-12(8-24)9-25-15/h1-4,7,9H,5-6,10-11H2,(H,26,28). The van der Waals surface area contributed by atoms with Crippen molar-refractivity contribution in [2.24, 2.45) is 4.99 Å². The van der Waals surface area contributed by atoms with Crippen molar-refractivity contribution in [1.29, 1.82) is 5.26 Å². The second-order valence-electron chi connectivity index (χ2n) is 6.89. The number of pyridine rings is 1. The van der Waals surface area contributed by atoms with Crippen LogP contribution in [0.2, 0.25) is 0 Å². The molecule has 30 heavy (non-hydrogen) atoms. The van der Waals surface area contributed by atoms with Crippen molar-refractivity contribution in [3.63, 3.8) is 0 Å². The predicted molar refractivity (Wildman–Crippen MR) is 104 cm³/mol. The monoisotopic (exact) mass is 472 g/mol. The van der Waals surface area contributed by atoms with Crippen LogP contribution in [0.4, 0.5) is 14.5 Å². The third-order valence-electron chi connectivity index (χ3n) is 4.97. The van der Waals surface area contributed by atoms with Crippen molar-refractivity contribution in [1.82, 2.24) is 4.98 Å². The molecule has 4 rings (SSSR count). The van der Waals surface area contributed by atoms with Gasteiger partial charge in [0.15, 0.2) is 0 Å². The van der Waals surface area contributed by atoms with E-state index in [0.717, 1.165) is 0 Å². The molecule has 1 unspecified atom stereocenters. The van der Waals surface area contributed by atoms with Crippen molar-refractivity contribution in [3.05, 3.63) is 53.3 Å². The molecular weight excluding hydrogens is 457 g/mol. The van der Waals surface area contributed by atoms with Gasteiger partial charge in [-0.3, -0.25) is 0 Å². The summed E-state index contributed by atoms with van der Waals surface area (Å²) in [5.41, 5.74) is -0.926. The quantitative estimate of drug-likeness (QED) is 0.678. The maximum atomic E-state index is 15.2. The van der Waals surface area contributed by atoms with Gasteiger partial charge in [0, 0.05) is 0 Å². The fraction of sp³-hybridized carbons (Fsp3) is 0.300. The Morgan fingerprint density at radius 2 is 2.13 bits per heavy atom. The number of benzene rings is 1. The Labute approximate surface area is 179 Å². The molecule has 7 nitrogen and oxygen atoms in total. The van der Waals surface area contributed by atoms with E-state index in [0.29, 0.717) is 21.5 Å². The summed E-state index contributed by atoms with van der Waals surface area (Å²) in [5, 5.41) is 11.5. The minimum absolute atomic E-state index is 0.00825. The van der Waals surface area contributed by atoms with Crippen LogP contribution in [-0.4, -0.2) is 58.0 Å². The number of amides is 1. The Kier molecular flexibility index (Phi) is 5.31. The second-order valence-corrected chi connectivity index (χ2v) is 7.98. The molecule has 1 N–H and O–H groups in total. The number of anilines is 1. The van der Waals surface area contributed by atoms with E-state index in [1.54, 1.807) is 12.1 Å². The molecule has 0 saturated heterocycles. The van der Waals surface area contributed by atoms with Crippen LogP contribution < -0.4 is 10.1 Å². The molecule has 2 aromatic rings. The third-order valence-corrected chi connectivity index (χ3v) is 5.45. The van der Waals surface area contributed by atoms with Crippen LogP contribution >= 0.6 is 0 Å². The van der Waals surface area contributed by atoms with Gasteiger partial charge in [-0.05, 0) is 0 Å². The molecular formula is C20H15AsF2N4O3. The number of aromatic nitrogens is 1. The summed E-state index contributed by atoms with van der Waals surface area (Å²) in [6.07, 6.45) is 1.26. The Morgan fingerprint density at radius 1 is 1.30 bits per heavy atom. The number of carbonyl (C=O) groups is 1. The number of ether oxygens (including phenoxy) is 2. The number of hydrogen-bond acceptors (Lipinski definition) is 6. The summed E-state index contributed by atoms with van der Waals surface area (Å²) in [5.74, 6) is -3.50. The van der Waals surface area contributed by atoms with Gasteiger partial charge in [-0.25, -0.2) is 0 Å². The van der Waals surface area contributed by atoms with Gasteiger partial charge in [0.2, 0.25) is 0 Å². The number of halogens is 2. The fourth-order valence-electron chi connectivity index (χ4n) is 3.51. The van der Waals surface area contributed by atoms with E-state index >= 15 is 8.78 Å². The zero-order chi connectivity index (χ0) is 21.4. The normalized spacial score (nSPS) is 22.1. The number of fused-ring (bicyclic) bond motifs is 2. The first-order chi connectivity index (χ1) is 14.3. The summed E-state index contributed by atoms with van der Waals surface area (Å²) in [7, 11) is 0. The molecule has 1 amide bonds. The first-order valence-electron chi connectivity index (χ1n) is 9.03. The molecule has 1 aromatic heterocycles. The molecule has 2 aliphatic rings. The van der Waals surface area contributed by atoms with Crippen molar-refractivity contribution in [2.45, 2.75) is 17.9 Å². The average Bonchev–Trinajstić information content (AvgIpc) is 2.84. The number of carbonyl (C=O) groups excluding carboxylic acids is 1. The Bertz CT molecular complexity index is 1070. The average molecular weight is 472 g/mol. The van der Waals surface area contributed by atoms with Crippen LogP contribution in [0.15, 0.2) is 41.5 Å². The van der Waals surface area contributed by atoms with Gasteiger partial charge in [0.1, 0.15) is 6.07 Å². The van der Waals surface area contributed by atoms with Gasteiger partial charge in [-0.2, -0.15) is 5.26 Å². The number of rotatable bonds is 2. The van der Waals surface area contributed by atoms with Crippen LogP contribution in [0, 0.1) is 11.3 Å². The second kappa shape index (κ2) is 7.78. The first-order valence-corrected chi connectivity index (χ1v) is 9.96. The molecule has 152 valence electrons. The van der Waals surface area contributed by atoms with Crippen LogP contribution in [0.5, 0.6) is 5.75 Å². The number of alkyl halides is 2. The first kappa shape index (κ1) is 20.5. The fourth-order valence-corrected chi connectivity index (χ4v) is 4.06. The molecule has 0 bridgehead atoms. The van der Waals surface area contributed by atoms with Gasteiger partial charge < -0.3 is 0 Å². The molecule has 2 radical (unpaired) electrons. The number of nitrogens with zero attached hydrogens (tertiary/aromatic N) is 3. The van der Waals surface area contributed by atoms with Gasteiger partial charge in [0.05, 0.1) is 0 Å². The van der Waals surface area contributed by atoms with Crippen molar-refractivity contribution in [2.75, 3.05) is 25.1 Å².